The lowest BCUT2D eigenvalue weighted by Crippen LogP contribution is -2.13. The predicted octanol–water partition coefficient (Wildman–Crippen LogP) is 5.69. The van der Waals surface area contributed by atoms with Crippen LogP contribution in [-0.2, 0) is 0 Å². The molecule has 1 atom stereocenters. The summed E-state index contributed by atoms with van der Waals surface area (Å²) in [5.74, 6) is 0.800. The van der Waals surface area contributed by atoms with E-state index >= 15 is 0 Å². The van der Waals surface area contributed by atoms with Crippen molar-refractivity contribution >= 4 is 21.6 Å². The van der Waals surface area contributed by atoms with E-state index in [2.05, 4.69) is 61.1 Å². The van der Waals surface area contributed by atoms with Crippen molar-refractivity contribution in [3.8, 4) is 0 Å². The molecular formula is C16H26BrN. The Kier molecular flexibility index (Phi) is 6.77. The highest BCUT2D eigenvalue weighted by atomic mass is 79.9. The Morgan fingerprint density at radius 2 is 1.78 bits per heavy atom. The molecule has 0 fully saturated rings. The number of anilines is 1. The summed E-state index contributed by atoms with van der Waals surface area (Å²) in [5.41, 5.74) is 3.86. The van der Waals surface area contributed by atoms with Crippen molar-refractivity contribution in [1.82, 2.24) is 0 Å². The third kappa shape index (κ3) is 4.64. The number of rotatable bonds is 7. The van der Waals surface area contributed by atoms with Crippen molar-refractivity contribution in [3.05, 3.63) is 27.7 Å². The van der Waals surface area contributed by atoms with Crippen molar-refractivity contribution in [2.45, 2.75) is 53.4 Å². The number of unbranched alkanes of at least 4 members (excludes halogenated alkanes) is 1. The monoisotopic (exact) mass is 311 g/mol. The van der Waals surface area contributed by atoms with Crippen LogP contribution in [0.25, 0.3) is 0 Å². The van der Waals surface area contributed by atoms with E-state index in [4.69, 9.17) is 0 Å². The largest absolute Gasteiger partial charge is 0.385 e. The number of benzene rings is 1. The van der Waals surface area contributed by atoms with Gasteiger partial charge in [-0.2, -0.15) is 0 Å². The zero-order valence-electron chi connectivity index (χ0n) is 12.1. The van der Waals surface area contributed by atoms with Crippen LogP contribution in [0.5, 0.6) is 0 Å². The van der Waals surface area contributed by atoms with E-state index < -0.39 is 0 Å². The molecule has 0 aliphatic heterocycles. The van der Waals surface area contributed by atoms with Gasteiger partial charge < -0.3 is 5.32 Å². The summed E-state index contributed by atoms with van der Waals surface area (Å²) in [4.78, 5) is 0. The normalized spacial score (nSPS) is 12.5. The molecule has 1 aromatic carbocycles. The lowest BCUT2D eigenvalue weighted by Gasteiger charge is -2.17. The van der Waals surface area contributed by atoms with E-state index in [9.17, 15) is 0 Å². The summed E-state index contributed by atoms with van der Waals surface area (Å²) >= 11 is 3.61. The third-order valence-electron chi connectivity index (χ3n) is 3.57. The van der Waals surface area contributed by atoms with Gasteiger partial charge in [0.15, 0.2) is 0 Å². The van der Waals surface area contributed by atoms with Gasteiger partial charge in [-0.15, -0.1) is 0 Å². The molecule has 0 saturated carbocycles. The Balaban J connectivity index is 2.57. The molecule has 0 bridgehead atoms. The number of nitrogens with one attached hydrogen (secondary N) is 1. The highest BCUT2D eigenvalue weighted by molar-refractivity contribution is 9.10. The molecule has 18 heavy (non-hydrogen) atoms. The van der Waals surface area contributed by atoms with Crippen LogP contribution < -0.4 is 5.32 Å². The van der Waals surface area contributed by atoms with Crippen molar-refractivity contribution in [3.63, 3.8) is 0 Å². The molecular weight excluding hydrogens is 286 g/mol. The first-order valence-electron chi connectivity index (χ1n) is 7.09. The van der Waals surface area contributed by atoms with Gasteiger partial charge in [-0.25, -0.2) is 0 Å². The minimum atomic E-state index is 0.800. The maximum Gasteiger partial charge on any atom is 0.0346 e. The fourth-order valence-corrected chi connectivity index (χ4v) is 2.48. The molecule has 1 nitrogen and oxygen atoms in total. The SMILES string of the molecule is CCCCC(CC)CNc1cc(C)c(Br)c(C)c1. The summed E-state index contributed by atoms with van der Waals surface area (Å²) in [6.07, 6.45) is 5.25. The first-order valence-corrected chi connectivity index (χ1v) is 7.88. The molecule has 0 amide bonds. The molecule has 102 valence electrons. The van der Waals surface area contributed by atoms with Crippen LogP contribution in [-0.4, -0.2) is 6.54 Å². The minimum absolute atomic E-state index is 0.800. The van der Waals surface area contributed by atoms with Crippen LogP contribution in [0.2, 0.25) is 0 Å². The quantitative estimate of drug-likeness (QED) is 0.681. The lowest BCUT2D eigenvalue weighted by molar-refractivity contribution is 0.473. The van der Waals surface area contributed by atoms with Crippen LogP contribution in [0.1, 0.15) is 50.7 Å². The highest BCUT2D eigenvalue weighted by Crippen LogP contribution is 2.25. The second kappa shape index (κ2) is 7.83. The van der Waals surface area contributed by atoms with Gasteiger partial charge in [0.1, 0.15) is 0 Å². The summed E-state index contributed by atoms with van der Waals surface area (Å²) in [5, 5.41) is 3.59. The molecule has 1 N–H and O–H groups in total. The van der Waals surface area contributed by atoms with Crippen molar-refractivity contribution in [2.75, 3.05) is 11.9 Å². The molecule has 0 aliphatic rings. The maximum atomic E-state index is 3.61. The van der Waals surface area contributed by atoms with Gasteiger partial charge in [0.2, 0.25) is 0 Å². The Morgan fingerprint density at radius 3 is 2.28 bits per heavy atom. The second-order valence-electron chi connectivity index (χ2n) is 5.22. The molecule has 1 rings (SSSR count). The van der Waals surface area contributed by atoms with Gasteiger partial charge in [0.25, 0.3) is 0 Å². The van der Waals surface area contributed by atoms with Crippen molar-refractivity contribution < 1.29 is 0 Å². The highest BCUT2D eigenvalue weighted by Gasteiger charge is 2.07. The number of halogens is 1. The van der Waals surface area contributed by atoms with E-state index in [0.717, 1.165) is 12.5 Å². The predicted molar refractivity (Wildman–Crippen MR) is 85.4 cm³/mol. The molecule has 0 saturated heterocycles. The van der Waals surface area contributed by atoms with Gasteiger partial charge in [0.05, 0.1) is 0 Å². The molecule has 0 aromatic heterocycles. The standard InChI is InChI=1S/C16H26BrN/c1-5-7-8-14(6-2)11-18-15-9-12(3)16(17)13(4)10-15/h9-10,14,18H,5-8,11H2,1-4H3. The molecule has 2 heteroatoms. The Hall–Kier alpha value is -0.500. The minimum Gasteiger partial charge on any atom is -0.385 e. The second-order valence-corrected chi connectivity index (χ2v) is 6.01. The van der Waals surface area contributed by atoms with Gasteiger partial charge in [-0.05, 0) is 49.4 Å². The lowest BCUT2D eigenvalue weighted by atomic mass is 9.99. The van der Waals surface area contributed by atoms with E-state index in [1.165, 1.54) is 47.0 Å². The Bertz CT molecular complexity index is 350. The van der Waals surface area contributed by atoms with Crippen LogP contribution in [0, 0.1) is 19.8 Å². The summed E-state index contributed by atoms with van der Waals surface area (Å²) < 4.78 is 1.23. The van der Waals surface area contributed by atoms with Crippen LogP contribution in [0.15, 0.2) is 16.6 Å². The van der Waals surface area contributed by atoms with Crippen LogP contribution in [0.4, 0.5) is 5.69 Å². The Morgan fingerprint density at radius 1 is 1.17 bits per heavy atom. The fraction of sp³-hybridized carbons (Fsp3) is 0.625. The van der Waals surface area contributed by atoms with E-state index in [-0.39, 0.29) is 0 Å². The van der Waals surface area contributed by atoms with Crippen molar-refractivity contribution in [1.29, 1.82) is 0 Å². The maximum absolute atomic E-state index is 3.61. The Labute approximate surface area is 120 Å². The number of aryl methyl sites for hydroxylation is 2. The van der Waals surface area contributed by atoms with Gasteiger partial charge in [-0.3, -0.25) is 0 Å². The smallest absolute Gasteiger partial charge is 0.0346 e. The van der Waals surface area contributed by atoms with Crippen molar-refractivity contribution in [2.24, 2.45) is 5.92 Å². The van der Waals surface area contributed by atoms with Gasteiger partial charge in [-0.1, -0.05) is 49.0 Å². The first-order chi connectivity index (χ1) is 8.58. The molecule has 1 aromatic rings. The zero-order valence-corrected chi connectivity index (χ0v) is 13.7. The average Bonchev–Trinajstić information content (AvgIpc) is 2.36. The van der Waals surface area contributed by atoms with E-state index in [1.54, 1.807) is 0 Å². The zero-order chi connectivity index (χ0) is 13.5. The van der Waals surface area contributed by atoms with Gasteiger partial charge >= 0.3 is 0 Å². The van der Waals surface area contributed by atoms with Crippen LogP contribution >= 0.6 is 15.9 Å². The van der Waals surface area contributed by atoms with Crippen LogP contribution in [0.3, 0.4) is 0 Å². The van der Waals surface area contributed by atoms with E-state index in [1.807, 2.05) is 0 Å². The molecule has 1 unspecified atom stereocenters. The molecule has 0 radical (unpaired) electrons. The first kappa shape index (κ1) is 15.6. The number of hydrogen-bond donors (Lipinski definition) is 1. The summed E-state index contributed by atoms with van der Waals surface area (Å²) in [6, 6.07) is 4.45. The number of hydrogen-bond acceptors (Lipinski definition) is 1. The molecule has 0 heterocycles. The summed E-state index contributed by atoms with van der Waals surface area (Å²) in [6.45, 7) is 9.95. The topological polar surface area (TPSA) is 12.0 Å². The van der Waals surface area contributed by atoms with Gasteiger partial charge in [0, 0.05) is 16.7 Å². The average molecular weight is 312 g/mol. The molecule has 0 spiro atoms. The summed E-state index contributed by atoms with van der Waals surface area (Å²) in [7, 11) is 0. The van der Waals surface area contributed by atoms with E-state index in [0.29, 0.717) is 0 Å². The fourth-order valence-electron chi connectivity index (χ4n) is 2.25. The molecule has 0 aliphatic carbocycles. The third-order valence-corrected chi connectivity index (χ3v) is 4.83.